The van der Waals surface area contributed by atoms with Crippen molar-refractivity contribution in [3.63, 3.8) is 0 Å². The third kappa shape index (κ3) is 4.12. The molecule has 5 nitrogen and oxygen atoms in total. The molecule has 4 aromatic rings. The lowest BCUT2D eigenvalue weighted by atomic mass is 10.2. The van der Waals surface area contributed by atoms with Gasteiger partial charge in [0.25, 0.3) is 0 Å². The molecule has 0 N–H and O–H groups in total. The van der Waals surface area contributed by atoms with E-state index in [-0.39, 0.29) is 5.91 Å². The van der Waals surface area contributed by atoms with Crippen molar-refractivity contribution in [2.24, 2.45) is 0 Å². The molecule has 2 aromatic heterocycles. The van der Waals surface area contributed by atoms with Crippen LogP contribution in [-0.4, -0.2) is 36.5 Å². The van der Waals surface area contributed by atoms with E-state index in [9.17, 15) is 4.79 Å². The third-order valence-electron chi connectivity index (χ3n) is 4.91. The fourth-order valence-corrected chi connectivity index (χ4v) is 4.22. The monoisotopic (exact) mass is 402 g/mol. The molecule has 0 aliphatic rings. The number of carbonyl (C=O) groups excluding carboxylic acids is 1. The number of carbonyl (C=O) groups is 1. The van der Waals surface area contributed by atoms with Crippen molar-refractivity contribution in [1.82, 2.24) is 9.97 Å². The number of thiophene rings is 1. The number of anilines is 2. The molecule has 146 valence electrons. The van der Waals surface area contributed by atoms with Crippen molar-refractivity contribution in [2.45, 2.75) is 6.42 Å². The largest absolute Gasteiger partial charge is 0.359 e. The van der Waals surface area contributed by atoms with Crippen LogP contribution in [0.15, 0.2) is 73.1 Å². The molecular formula is C23H22N4OS. The number of rotatable bonds is 6. The summed E-state index contributed by atoms with van der Waals surface area (Å²) >= 11 is 1.66. The molecule has 2 heterocycles. The first-order chi connectivity index (χ1) is 14.1. The molecule has 0 aliphatic heterocycles. The Hall–Kier alpha value is -3.25. The zero-order valence-corrected chi connectivity index (χ0v) is 17.3. The first-order valence-electron chi connectivity index (χ1n) is 9.46. The molecule has 1 amide bonds. The zero-order chi connectivity index (χ0) is 20.2. The Morgan fingerprint density at radius 3 is 2.38 bits per heavy atom. The molecule has 4 rings (SSSR count). The summed E-state index contributed by atoms with van der Waals surface area (Å²) in [6.45, 7) is 0.582. The second kappa shape index (κ2) is 8.41. The molecule has 29 heavy (non-hydrogen) atoms. The van der Waals surface area contributed by atoms with Gasteiger partial charge in [-0.2, -0.15) is 0 Å². The Morgan fingerprint density at radius 1 is 0.966 bits per heavy atom. The number of hydrogen-bond acceptors (Lipinski definition) is 5. The maximum absolute atomic E-state index is 12.6. The standard InChI is InChI=1S/C23H22N4OS/c1-26(14-13-21(28)27(2)18-11-7-4-8-12-18)22-19-15-20(17-9-5-3-6-10-17)29-23(19)25-16-24-22/h3-12,15-16H,13-14H2,1-2H3. The molecule has 0 radical (unpaired) electrons. The number of benzene rings is 2. The summed E-state index contributed by atoms with van der Waals surface area (Å²) in [5, 5.41) is 1.02. The lowest BCUT2D eigenvalue weighted by Crippen LogP contribution is -2.30. The highest BCUT2D eigenvalue weighted by atomic mass is 32.1. The number of hydrogen-bond donors (Lipinski definition) is 0. The Morgan fingerprint density at radius 2 is 1.66 bits per heavy atom. The van der Waals surface area contributed by atoms with Gasteiger partial charge >= 0.3 is 0 Å². The molecule has 0 saturated heterocycles. The van der Waals surface area contributed by atoms with Crippen molar-refractivity contribution >= 4 is 39.0 Å². The van der Waals surface area contributed by atoms with E-state index in [1.165, 1.54) is 5.56 Å². The van der Waals surface area contributed by atoms with Gasteiger partial charge in [0.05, 0.1) is 5.39 Å². The lowest BCUT2D eigenvalue weighted by Gasteiger charge is -2.21. The number of fused-ring (bicyclic) bond motifs is 1. The maximum atomic E-state index is 12.6. The van der Waals surface area contributed by atoms with Crippen molar-refractivity contribution in [3.05, 3.63) is 73.1 Å². The molecular weight excluding hydrogens is 380 g/mol. The van der Waals surface area contributed by atoms with Gasteiger partial charge in [0.15, 0.2) is 0 Å². The second-order valence-corrected chi connectivity index (χ2v) is 7.88. The first-order valence-corrected chi connectivity index (χ1v) is 10.3. The highest BCUT2D eigenvalue weighted by Gasteiger charge is 2.16. The van der Waals surface area contributed by atoms with Gasteiger partial charge in [0, 0.05) is 37.6 Å². The summed E-state index contributed by atoms with van der Waals surface area (Å²) in [6.07, 6.45) is 2.00. The summed E-state index contributed by atoms with van der Waals surface area (Å²) < 4.78 is 0. The number of para-hydroxylation sites is 1. The van der Waals surface area contributed by atoms with E-state index in [1.54, 1.807) is 22.6 Å². The van der Waals surface area contributed by atoms with Gasteiger partial charge in [-0.15, -0.1) is 11.3 Å². The summed E-state index contributed by atoms with van der Waals surface area (Å²) in [7, 11) is 3.78. The molecule has 0 unspecified atom stereocenters. The third-order valence-corrected chi connectivity index (χ3v) is 6.00. The van der Waals surface area contributed by atoms with Crippen LogP contribution in [0.25, 0.3) is 20.7 Å². The van der Waals surface area contributed by atoms with Crippen LogP contribution in [0.1, 0.15) is 6.42 Å². The van der Waals surface area contributed by atoms with Crippen LogP contribution in [0, 0.1) is 0 Å². The van der Waals surface area contributed by atoms with E-state index in [4.69, 9.17) is 0 Å². The van der Waals surface area contributed by atoms with Crippen LogP contribution in [0.5, 0.6) is 0 Å². The van der Waals surface area contributed by atoms with Crippen molar-refractivity contribution < 1.29 is 4.79 Å². The predicted molar refractivity (Wildman–Crippen MR) is 121 cm³/mol. The Kier molecular flexibility index (Phi) is 5.53. The van der Waals surface area contributed by atoms with E-state index >= 15 is 0 Å². The van der Waals surface area contributed by atoms with E-state index < -0.39 is 0 Å². The number of nitrogens with zero attached hydrogens (tertiary/aromatic N) is 4. The average molecular weight is 403 g/mol. The van der Waals surface area contributed by atoms with Gasteiger partial charge in [0.1, 0.15) is 17.0 Å². The Labute approximate surface area is 174 Å². The van der Waals surface area contributed by atoms with Gasteiger partial charge in [-0.25, -0.2) is 9.97 Å². The molecule has 6 heteroatoms. The van der Waals surface area contributed by atoms with E-state index in [0.717, 1.165) is 26.6 Å². The van der Waals surface area contributed by atoms with Crippen molar-refractivity contribution in [3.8, 4) is 10.4 Å². The van der Waals surface area contributed by atoms with Gasteiger partial charge in [-0.1, -0.05) is 48.5 Å². The Balaban J connectivity index is 1.50. The second-order valence-electron chi connectivity index (χ2n) is 6.85. The van der Waals surface area contributed by atoms with E-state index in [2.05, 4.69) is 28.2 Å². The lowest BCUT2D eigenvalue weighted by molar-refractivity contribution is -0.118. The van der Waals surface area contributed by atoms with Gasteiger partial charge < -0.3 is 9.80 Å². The molecule has 0 atom stereocenters. The van der Waals surface area contributed by atoms with Crippen LogP contribution < -0.4 is 9.80 Å². The van der Waals surface area contributed by atoms with Gasteiger partial charge in [-0.05, 0) is 23.8 Å². The quantitative estimate of drug-likeness (QED) is 0.463. The molecule has 0 aliphatic carbocycles. The summed E-state index contributed by atoms with van der Waals surface area (Å²) in [5.41, 5.74) is 2.07. The Bertz CT molecular complexity index is 1110. The summed E-state index contributed by atoms with van der Waals surface area (Å²) in [6, 6.07) is 22.1. The zero-order valence-electron chi connectivity index (χ0n) is 16.4. The number of amides is 1. The highest BCUT2D eigenvalue weighted by Crippen LogP contribution is 2.35. The van der Waals surface area contributed by atoms with Crippen molar-refractivity contribution in [1.29, 1.82) is 0 Å². The molecule has 0 bridgehead atoms. The van der Waals surface area contributed by atoms with Crippen LogP contribution in [-0.2, 0) is 4.79 Å². The fourth-order valence-electron chi connectivity index (χ4n) is 3.22. The molecule has 2 aromatic carbocycles. The number of aromatic nitrogens is 2. The van der Waals surface area contributed by atoms with Crippen LogP contribution >= 0.6 is 11.3 Å². The van der Waals surface area contributed by atoms with Crippen molar-refractivity contribution in [2.75, 3.05) is 30.4 Å². The summed E-state index contributed by atoms with van der Waals surface area (Å²) in [5.74, 6) is 0.923. The molecule has 0 saturated carbocycles. The normalized spacial score (nSPS) is 10.8. The van der Waals surface area contributed by atoms with Crippen LogP contribution in [0.4, 0.5) is 11.5 Å². The van der Waals surface area contributed by atoms with Crippen LogP contribution in [0.3, 0.4) is 0 Å². The molecule has 0 fully saturated rings. The van der Waals surface area contributed by atoms with Gasteiger partial charge in [-0.3, -0.25) is 4.79 Å². The topological polar surface area (TPSA) is 49.3 Å². The fraction of sp³-hybridized carbons (Fsp3) is 0.174. The minimum absolute atomic E-state index is 0.0728. The van der Waals surface area contributed by atoms with Gasteiger partial charge in [0.2, 0.25) is 5.91 Å². The first kappa shape index (κ1) is 19.1. The minimum Gasteiger partial charge on any atom is -0.359 e. The average Bonchev–Trinajstić information content (AvgIpc) is 3.22. The maximum Gasteiger partial charge on any atom is 0.228 e. The van der Waals surface area contributed by atoms with E-state index in [0.29, 0.717) is 13.0 Å². The van der Waals surface area contributed by atoms with E-state index in [1.807, 2.05) is 67.5 Å². The predicted octanol–water partition coefficient (Wildman–Crippen LogP) is 4.85. The SMILES string of the molecule is CN(CCC(=O)N(C)c1ccccc1)c1ncnc2sc(-c3ccccc3)cc12. The minimum atomic E-state index is 0.0728. The smallest absolute Gasteiger partial charge is 0.228 e. The molecule has 0 spiro atoms. The summed E-state index contributed by atoms with van der Waals surface area (Å²) in [4.78, 5) is 27.4. The highest BCUT2D eigenvalue weighted by molar-refractivity contribution is 7.21. The van der Waals surface area contributed by atoms with Crippen LogP contribution in [0.2, 0.25) is 0 Å².